The molecule has 0 aromatic heterocycles. The van der Waals surface area contributed by atoms with E-state index in [1.165, 1.54) is 6.08 Å². The van der Waals surface area contributed by atoms with Gasteiger partial charge in [-0.3, -0.25) is 4.79 Å². The molecule has 0 saturated heterocycles. The summed E-state index contributed by atoms with van der Waals surface area (Å²) >= 11 is 3.61. The van der Waals surface area contributed by atoms with E-state index in [9.17, 15) is 9.90 Å². The lowest BCUT2D eigenvalue weighted by Gasteiger charge is -2.04. The molecule has 0 amide bonds. The van der Waals surface area contributed by atoms with Gasteiger partial charge >= 0.3 is 0 Å². The number of carbonyl (C=O) groups excluding carboxylic acids is 1. The van der Waals surface area contributed by atoms with Gasteiger partial charge in [-0.05, 0) is 68.2 Å². The summed E-state index contributed by atoms with van der Waals surface area (Å²) < 4.78 is 0.979. The van der Waals surface area contributed by atoms with Gasteiger partial charge in [-0.1, -0.05) is 54.6 Å². The van der Waals surface area contributed by atoms with Crippen LogP contribution in [0.5, 0.6) is 5.75 Å². The molecule has 3 aromatic rings. The Bertz CT molecular complexity index is 938. The van der Waals surface area contributed by atoms with Crippen LogP contribution in [-0.2, 0) is 4.79 Å². The van der Waals surface area contributed by atoms with Crippen LogP contribution in [0.3, 0.4) is 0 Å². The second-order valence-electron chi connectivity index (χ2n) is 5.35. The summed E-state index contributed by atoms with van der Waals surface area (Å²) in [6.07, 6.45) is 6.59. The van der Waals surface area contributed by atoms with Crippen molar-refractivity contribution in [3.05, 3.63) is 88.4 Å². The SMILES string of the molecule is O=C(C=Cc1ccc(O)cc1)C=Cc1ccc2ccccc2c1Br. The molecule has 0 unspecified atom stereocenters. The van der Waals surface area contributed by atoms with Crippen molar-refractivity contribution in [2.45, 2.75) is 0 Å². The molecular weight excluding hydrogens is 364 g/mol. The van der Waals surface area contributed by atoms with Crippen molar-refractivity contribution in [1.82, 2.24) is 0 Å². The van der Waals surface area contributed by atoms with E-state index in [-0.39, 0.29) is 11.5 Å². The van der Waals surface area contributed by atoms with Gasteiger partial charge in [0.2, 0.25) is 0 Å². The van der Waals surface area contributed by atoms with E-state index in [2.05, 4.69) is 22.0 Å². The smallest absolute Gasteiger partial charge is 0.178 e. The molecule has 0 saturated carbocycles. The summed E-state index contributed by atoms with van der Waals surface area (Å²) in [5, 5.41) is 11.5. The highest BCUT2D eigenvalue weighted by Crippen LogP contribution is 2.28. The quantitative estimate of drug-likeness (QED) is 0.599. The third-order valence-corrected chi connectivity index (χ3v) is 4.54. The van der Waals surface area contributed by atoms with Crippen molar-refractivity contribution in [3.63, 3.8) is 0 Å². The van der Waals surface area contributed by atoms with Gasteiger partial charge in [0.05, 0.1) is 0 Å². The highest BCUT2D eigenvalue weighted by atomic mass is 79.9. The molecule has 3 aromatic carbocycles. The van der Waals surface area contributed by atoms with Crippen LogP contribution in [0, 0.1) is 0 Å². The van der Waals surface area contributed by atoms with Crippen LogP contribution in [-0.4, -0.2) is 10.9 Å². The lowest BCUT2D eigenvalue weighted by atomic mass is 10.1. The molecular formula is C21H15BrO2. The molecule has 118 valence electrons. The highest BCUT2D eigenvalue weighted by molar-refractivity contribution is 9.10. The Hall–Kier alpha value is -2.65. The average molecular weight is 379 g/mol. The Morgan fingerprint density at radius 3 is 2.38 bits per heavy atom. The molecule has 0 fully saturated rings. The molecule has 2 nitrogen and oxygen atoms in total. The van der Waals surface area contributed by atoms with Crippen molar-refractivity contribution < 1.29 is 9.90 Å². The molecule has 0 aliphatic heterocycles. The summed E-state index contributed by atoms with van der Waals surface area (Å²) in [4.78, 5) is 12.0. The number of hydrogen-bond donors (Lipinski definition) is 1. The lowest BCUT2D eigenvalue weighted by Crippen LogP contribution is -1.86. The predicted molar refractivity (Wildman–Crippen MR) is 103 cm³/mol. The fourth-order valence-corrected chi connectivity index (χ4v) is 3.00. The largest absolute Gasteiger partial charge is 0.508 e. The molecule has 0 atom stereocenters. The number of carbonyl (C=O) groups is 1. The normalized spacial score (nSPS) is 11.5. The highest BCUT2D eigenvalue weighted by Gasteiger charge is 2.02. The van der Waals surface area contributed by atoms with Crippen LogP contribution in [0.2, 0.25) is 0 Å². The number of fused-ring (bicyclic) bond motifs is 1. The van der Waals surface area contributed by atoms with Crippen molar-refractivity contribution in [2.24, 2.45) is 0 Å². The van der Waals surface area contributed by atoms with E-state index in [4.69, 9.17) is 0 Å². The number of benzene rings is 3. The predicted octanol–water partition coefficient (Wildman–Crippen LogP) is 5.60. The summed E-state index contributed by atoms with van der Waals surface area (Å²) in [5.41, 5.74) is 1.82. The Labute approximate surface area is 148 Å². The maximum Gasteiger partial charge on any atom is 0.178 e. The van der Waals surface area contributed by atoms with Gasteiger partial charge in [0.25, 0.3) is 0 Å². The summed E-state index contributed by atoms with van der Waals surface area (Å²) in [7, 11) is 0. The fourth-order valence-electron chi connectivity index (χ4n) is 2.37. The number of ketones is 1. The van der Waals surface area contributed by atoms with Crippen LogP contribution in [0.4, 0.5) is 0 Å². The average Bonchev–Trinajstić information content (AvgIpc) is 2.61. The zero-order chi connectivity index (χ0) is 16.9. The first kappa shape index (κ1) is 16.2. The van der Waals surface area contributed by atoms with E-state index in [0.29, 0.717) is 0 Å². The first-order valence-electron chi connectivity index (χ1n) is 7.50. The number of allylic oxidation sites excluding steroid dienone is 2. The fraction of sp³-hybridized carbons (Fsp3) is 0. The van der Waals surface area contributed by atoms with Crippen LogP contribution < -0.4 is 0 Å². The number of aromatic hydroxyl groups is 1. The van der Waals surface area contributed by atoms with Gasteiger partial charge in [0.15, 0.2) is 5.78 Å². The van der Waals surface area contributed by atoms with Gasteiger partial charge in [-0.2, -0.15) is 0 Å². The topological polar surface area (TPSA) is 37.3 Å². The Morgan fingerprint density at radius 1 is 0.875 bits per heavy atom. The number of hydrogen-bond acceptors (Lipinski definition) is 2. The molecule has 0 bridgehead atoms. The van der Waals surface area contributed by atoms with Crippen molar-refractivity contribution in [1.29, 1.82) is 0 Å². The van der Waals surface area contributed by atoms with Crippen molar-refractivity contribution >= 4 is 44.6 Å². The summed E-state index contributed by atoms with van der Waals surface area (Å²) in [6.45, 7) is 0. The van der Waals surface area contributed by atoms with Gasteiger partial charge in [-0.15, -0.1) is 0 Å². The minimum absolute atomic E-state index is 0.0943. The van der Waals surface area contributed by atoms with E-state index < -0.39 is 0 Å². The van der Waals surface area contributed by atoms with Gasteiger partial charge in [0, 0.05) is 4.47 Å². The lowest BCUT2D eigenvalue weighted by molar-refractivity contribution is -0.110. The minimum atomic E-state index is -0.0943. The van der Waals surface area contributed by atoms with E-state index >= 15 is 0 Å². The second-order valence-corrected chi connectivity index (χ2v) is 6.14. The minimum Gasteiger partial charge on any atom is -0.508 e. The Morgan fingerprint density at radius 2 is 1.58 bits per heavy atom. The maximum atomic E-state index is 12.0. The zero-order valence-electron chi connectivity index (χ0n) is 12.8. The molecule has 24 heavy (non-hydrogen) atoms. The Balaban J connectivity index is 1.76. The van der Waals surface area contributed by atoms with Gasteiger partial charge < -0.3 is 5.11 Å². The molecule has 3 heteroatoms. The monoisotopic (exact) mass is 378 g/mol. The first-order valence-corrected chi connectivity index (χ1v) is 8.29. The Kier molecular flexibility index (Phi) is 4.92. The molecule has 0 heterocycles. The van der Waals surface area contributed by atoms with Crippen LogP contribution >= 0.6 is 15.9 Å². The van der Waals surface area contributed by atoms with Crippen LogP contribution in [0.25, 0.3) is 22.9 Å². The third-order valence-electron chi connectivity index (χ3n) is 3.65. The molecule has 0 aliphatic rings. The first-order chi connectivity index (χ1) is 11.6. The number of rotatable bonds is 4. The molecule has 0 spiro atoms. The molecule has 1 N–H and O–H groups in total. The van der Waals surface area contributed by atoms with Crippen molar-refractivity contribution in [2.75, 3.05) is 0 Å². The van der Waals surface area contributed by atoms with Crippen LogP contribution in [0.1, 0.15) is 11.1 Å². The second kappa shape index (κ2) is 7.28. The number of phenols is 1. The van der Waals surface area contributed by atoms with E-state index in [0.717, 1.165) is 26.4 Å². The van der Waals surface area contributed by atoms with E-state index in [1.54, 1.807) is 42.5 Å². The van der Waals surface area contributed by atoms with Crippen LogP contribution in [0.15, 0.2) is 77.3 Å². The maximum absolute atomic E-state index is 12.0. The molecule has 0 aliphatic carbocycles. The van der Waals surface area contributed by atoms with Crippen molar-refractivity contribution in [3.8, 4) is 5.75 Å². The number of phenolic OH excluding ortho intramolecular Hbond substituents is 1. The summed E-state index contributed by atoms with van der Waals surface area (Å²) in [5.74, 6) is 0.114. The standard InChI is InChI=1S/C21H15BrO2/c22-21-17(9-8-16-3-1-2-4-20(16)21)10-14-19(24)13-7-15-5-11-18(23)12-6-15/h1-14,23H. The van der Waals surface area contributed by atoms with Gasteiger partial charge in [-0.25, -0.2) is 0 Å². The summed E-state index contributed by atoms with van der Waals surface area (Å²) in [6, 6.07) is 18.8. The third kappa shape index (κ3) is 3.81. The van der Waals surface area contributed by atoms with E-state index in [1.807, 2.05) is 30.3 Å². The zero-order valence-corrected chi connectivity index (χ0v) is 14.4. The number of halogens is 1. The molecule has 0 radical (unpaired) electrons. The van der Waals surface area contributed by atoms with Gasteiger partial charge in [0.1, 0.15) is 5.75 Å². The molecule has 3 rings (SSSR count).